The molecule has 0 amide bonds. The summed E-state index contributed by atoms with van der Waals surface area (Å²) in [5.41, 5.74) is 0. The van der Waals surface area contributed by atoms with Gasteiger partial charge in [-0.15, -0.1) is 0 Å². The number of ketones is 1. The third-order valence-electron chi connectivity index (χ3n) is 6.05. The zero-order valence-electron chi connectivity index (χ0n) is 13.7. The Morgan fingerprint density at radius 2 is 1.25 bits per heavy atom. The Hall–Kier alpha value is -0.330. The molecular formula is C19H34O. The summed E-state index contributed by atoms with van der Waals surface area (Å²) < 4.78 is 0. The van der Waals surface area contributed by atoms with E-state index in [2.05, 4.69) is 6.92 Å². The molecule has 2 rings (SSSR count). The average Bonchev–Trinajstić information content (AvgIpc) is 2.47. The quantitative estimate of drug-likeness (QED) is 0.603. The normalized spacial score (nSPS) is 34.9. The number of carbonyl (C=O) groups is 1. The molecule has 0 aliphatic heterocycles. The van der Waals surface area contributed by atoms with Crippen molar-refractivity contribution in [3.63, 3.8) is 0 Å². The zero-order valence-corrected chi connectivity index (χ0v) is 13.7. The molecule has 0 unspecified atom stereocenters. The maximum absolute atomic E-state index is 11.1. The van der Waals surface area contributed by atoms with Crippen LogP contribution in [0.4, 0.5) is 0 Å². The fraction of sp³-hybridized carbons (Fsp3) is 0.947. The monoisotopic (exact) mass is 278 g/mol. The summed E-state index contributed by atoms with van der Waals surface area (Å²) in [6, 6.07) is 0. The topological polar surface area (TPSA) is 17.1 Å². The molecule has 1 nitrogen and oxygen atoms in total. The van der Waals surface area contributed by atoms with Crippen LogP contribution in [0.1, 0.15) is 90.9 Å². The molecular weight excluding hydrogens is 244 g/mol. The van der Waals surface area contributed by atoms with E-state index in [1.165, 1.54) is 64.2 Å². The van der Waals surface area contributed by atoms with Crippen LogP contribution in [0, 0.1) is 23.7 Å². The molecule has 0 aromatic heterocycles. The first-order valence-electron chi connectivity index (χ1n) is 9.18. The van der Waals surface area contributed by atoms with Gasteiger partial charge in [-0.2, -0.15) is 0 Å². The van der Waals surface area contributed by atoms with Crippen molar-refractivity contribution in [3.8, 4) is 0 Å². The number of hydrogen-bond acceptors (Lipinski definition) is 1. The smallest absolute Gasteiger partial charge is 0.129 e. The van der Waals surface area contributed by atoms with Crippen molar-refractivity contribution in [1.29, 1.82) is 0 Å². The molecule has 2 saturated carbocycles. The summed E-state index contributed by atoms with van der Waals surface area (Å²) in [7, 11) is 0. The van der Waals surface area contributed by atoms with Crippen molar-refractivity contribution in [1.82, 2.24) is 0 Å². The molecule has 2 fully saturated rings. The Bertz CT molecular complexity index is 280. The first-order valence-corrected chi connectivity index (χ1v) is 9.18. The summed E-state index contributed by atoms with van der Waals surface area (Å²) in [6.45, 7) is 4.06. The standard InChI is InChI=1S/C19H34O/c1-3-4-16-7-11-18(12-8-16)19-13-9-17(10-14-19)6-5-15(2)20/h16-19H,3-14H2,1-2H3. The second-order valence-corrected chi connectivity index (χ2v) is 7.59. The maximum Gasteiger partial charge on any atom is 0.129 e. The van der Waals surface area contributed by atoms with Crippen molar-refractivity contribution in [2.24, 2.45) is 23.7 Å². The van der Waals surface area contributed by atoms with Crippen LogP contribution in [0.5, 0.6) is 0 Å². The summed E-state index contributed by atoms with van der Waals surface area (Å²) in [4.78, 5) is 11.1. The van der Waals surface area contributed by atoms with Crippen LogP contribution < -0.4 is 0 Å². The Morgan fingerprint density at radius 3 is 1.65 bits per heavy atom. The third kappa shape index (κ3) is 4.90. The predicted octanol–water partition coefficient (Wildman–Crippen LogP) is 5.77. The summed E-state index contributed by atoms with van der Waals surface area (Å²) >= 11 is 0. The third-order valence-corrected chi connectivity index (χ3v) is 6.05. The van der Waals surface area contributed by atoms with Gasteiger partial charge < -0.3 is 4.79 Å². The van der Waals surface area contributed by atoms with Gasteiger partial charge in [-0.25, -0.2) is 0 Å². The van der Waals surface area contributed by atoms with E-state index in [1.54, 1.807) is 6.92 Å². The molecule has 116 valence electrons. The molecule has 2 aliphatic carbocycles. The first kappa shape index (κ1) is 16.0. The molecule has 0 spiro atoms. The highest BCUT2D eigenvalue weighted by Gasteiger charge is 2.30. The van der Waals surface area contributed by atoms with Gasteiger partial charge in [0.25, 0.3) is 0 Å². The van der Waals surface area contributed by atoms with E-state index in [0.29, 0.717) is 5.78 Å². The highest BCUT2D eigenvalue weighted by Crippen LogP contribution is 2.42. The second kappa shape index (κ2) is 8.20. The number of carbonyl (C=O) groups excluding carboxylic acids is 1. The number of Topliss-reactive ketones (excluding diaryl/α,β-unsaturated/α-hetero) is 1. The minimum Gasteiger partial charge on any atom is -0.300 e. The van der Waals surface area contributed by atoms with Gasteiger partial charge >= 0.3 is 0 Å². The molecule has 20 heavy (non-hydrogen) atoms. The van der Waals surface area contributed by atoms with E-state index in [4.69, 9.17) is 0 Å². The van der Waals surface area contributed by atoms with Crippen molar-refractivity contribution < 1.29 is 4.79 Å². The van der Waals surface area contributed by atoms with Gasteiger partial charge in [0, 0.05) is 6.42 Å². The molecule has 0 atom stereocenters. The van der Waals surface area contributed by atoms with Gasteiger partial charge in [-0.05, 0) is 62.7 Å². The molecule has 0 N–H and O–H groups in total. The summed E-state index contributed by atoms with van der Waals surface area (Å²) in [6.07, 6.45) is 16.5. The minimum absolute atomic E-state index is 0.376. The van der Waals surface area contributed by atoms with Gasteiger partial charge in [0.15, 0.2) is 0 Å². The lowest BCUT2D eigenvalue weighted by Gasteiger charge is -2.38. The molecule has 0 aromatic rings. The fourth-order valence-corrected chi connectivity index (χ4v) is 4.71. The van der Waals surface area contributed by atoms with Crippen molar-refractivity contribution in [3.05, 3.63) is 0 Å². The van der Waals surface area contributed by atoms with Crippen LogP contribution in [0.25, 0.3) is 0 Å². The molecule has 2 aliphatic rings. The number of hydrogen-bond donors (Lipinski definition) is 0. The second-order valence-electron chi connectivity index (χ2n) is 7.59. The summed E-state index contributed by atoms with van der Waals surface area (Å²) in [5, 5.41) is 0. The minimum atomic E-state index is 0.376. The Morgan fingerprint density at radius 1 is 0.800 bits per heavy atom. The van der Waals surface area contributed by atoms with Crippen LogP contribution in [0.2, 0.25) is 0 Å². The molecule has 1 heteroatoms. The van der Waals surface area contributed by atoms with Crippen LogP contribution in [-0.2, 0) is 4.79 Å². The van der Waals surface area contributed by atoms with E-state index in [9.17, 15) is 4.79 Å². The van der Waals surface area contributed by atoms with E-state index in [-0.39, 0.29) is 0 Å². The van der Waals surface area contributed by atoms with Crippen molar-refractivity contribution >= 4 is 5.78 Å². The Balaban J connectivity index is 1.65. The maximum atomic E-state index is 11.1. The van der Waals surface area contributed by atoms with Crippen LogP contribution in [0.15, 0.2) is 0 Å². The largest absolute Gasteiger partial charge is 0.300 e. The molecule has 0 aromatic carbocycles. The highest BCUT2D eigenvalue weighted by atomic mass is 16.1. The summed E-state index contributed by atoms with van der Waals surface area (Å²) in [5.74, 6) is 4.33. The van der Waals surface area contributed by atoms with Gasteiger partial charge in [-0.1, -0.05) is 45.4 Å². The molecule has 0 heterocycles. The van der Waals surface area contributed by atoms with E-state index < -0.39 is 0 Å². The number of rotatable bonds is 6. The van der Waals surface area contributed by atoms with Gasteiger partial charge in [0.05, 0.1) is 0 Å². The lowest BCUT2D eigenvalue weighted by molar-refractivity contribution is -0.117. The van der Waals surface area contributed by atoms with Crippen LogP contribution in [0.3, 0.4) is 0 Å². The van der Waals surface area contributed by atoms with E-state index in [0.717, 1.165) is 36.5 Å². The van der Waals surface area contributed by atoms with Crippen molar-refractivity contribution in [2.45, 2.75) is 90.9 Å². The van der Waals surface area contributed by atoms with E-state index >= 15 is 0 Å². The lowest BCUT2D eigenvalue weighted by atomic mass is 9.68. The van der Waals surface area contributed by atoms with E-state index in [1.807, 2.05) is 0 Å². The van der Waals surface area contributed by atoms with Gasteiger partial charge in [-0.3, -0.25) is 0 Å². The average molecular weight is 278 g/mol. The fourth-order valence-electron chi connectivity index (χ4n) is 4.71. The SMILES string of the molecule is CCCC1CCC(C2CCC(CCC(C)=O)CC2)CC1. The Labute approximate surface area is 125 Å². The molecule has 0 radical (unpaired) electrons. The molecule has 0 bridgehead atoms. The predicted molar refractivity (Wildman–Crippen MR) is 85.7 cm³/mol. The molecule has 0 saturated heterocycles. The van der Waals surface area contributed by atoms with Gasteiger partial charge in [0.2, 0.25) is 0 Å². The lowest BCUT2D eigenvalue weighted by Crippen LogP contribution is -2.26. The van der Waals surface area contributed by atoms with Crippen molar-refractivity contribution in [2.75, 3.05) is 0 Å². The Kier molecular flexibility index (Phi) is 6.58. The van der Waals surface area contributed by atoms with Crippen LogP contribution >= 0.6 is 0 Å². The first-order chi connectivity index (χ1) is 9.69. The zero-order chi connectivity index (χ0) is 14.4. The highest BCUT2D eigenvalue weighted by molar-refractivity contribution is 5.75. The van der Waals surface area contributed by atoms with Gasteiger partial charge in [0.1, 0.15) is 5.78 Å². The van der Waals surface area contributed by atoms with Crippen LogP contribution in [-0.4, -0.2) is 5.78 Å².